The highest BCUT2D eigenvalue weighted by Gasteiger charge is 2.12. The van der Waals surface area contributed by atoms with Crippen LogP contribution in [0, 0.1) is 0 Å². The molecule has 3 aromatic rings. The van der Waals surface area contributed by atoms with Gasteiger partial charge in [0.25, 0.3) is 11.8 Å². The Morgan fingerprint density at radius 1 is 0.893 bits per heavy atom. The van der Waals surface area contributed by atoms with Gasteiger partial charge in [0, 0.05) is 24.8 Å². The summed E-state index contributed by atoms with van der Waals surface area (Å²) in [6, 6.07) is 11.1. The van der Waals surface area contributed by atoms with E-state index < -0.39 is 5.97 Å². The van der Waals surface area contributed by atoms with Crippen LogP contribution in [0.15, 0.2) is 59.4 Å². The van der Waals surface area contributed by atoms with Crippen LogP contribution in [0.25, 0.3) is 0 Å². The second-order valence-electron chi connectivity index (χ2n) is 5.93. The Kier molecular flexibility index (Phi) is 6.13. The minimum atomic E-state index is -1.00. The third kappa shape index (κ3) is 5.01. The van der Waals surface area contributed by atoms with Crippen molar-refractivity contribution in [1.82, 2.24) is 15.6 Å². The summed E-state index contributed by atoms with van der Waals surface area (Å²) in [7, 11) is 0. The summed E-state index contributed by atoms with van der Waals surface area (Å²) < 4.78 is 0. The minimum Gasteiger partial charge on any atom is -0.478 e. The van der Waals surface area contributed by atoms with E-state index in [0.717, 1.165) is 11.1 Å². The van der Waals surface area contributed by atoms with E-state index >= 15 is 0 Å². The lowest BCUT2D eigenvalue weighted by Gasteiger charge is -2.08. The number of nitrogens with one attached hydrogen (secondary N) is 2. The predicted molar refractivity (Wildman–Crippen MR) is 104 cm³/mol. The number of carboxylic acids is 1. The van der Waals surface area contributed by atoms with Crippen LogP contribution in [0.3, 0.4) is 0 Å². The number of pyridine rings is 1. The van der Waals surface area contributed by atoms with Crippen molar-refractivity contribution in [1.29, 1.82) is 0 Å². The van der Waals surface area contributed by atoms with Gasteiger partial charge in [-0.15, -0.1) is 0 Å². The van der Waals surface area contributed by atoms with Gasteiger partial charge in [-0.25, -0.2) is 4.79 Å². The van der Waals surface area contributed by atoms with Gasteiger partial charge < -0.3 is 15.7 Å². The topological polar surface area (TPSA) is 108 Å². The SMILES string of the molecule is O=C(O)c1ccc(CNC(=O)c2ccnc(C(=O)NCc3ccsc3)c2)cc1. The molecule has 0 radical (unpaired) electrons. The summed E-state index contributed by atoms with van der Waals surface area (Å²) in [6.07, 6.45) is 1.41. The van der Waals surface area contributed by atoms with Crippen molar-refractivity contribution in [2.45, 2.75) is 13.1 Å². The molecule has 0 saturated heterocycles. The molecule has 0 aliphatic carbocycles. The van der Waals surface area contributed by atoms with Crippen LogP contribution in [0.5, 0.6) is 0 Å². The summed E-state index contributed by atoms with van der Waals surface area (Å²) in [5, 5.41) is 18.3. The van der Waals surface area contributed by atoms with Gasteiger partial charge in [-0.2, -0.15) is 11.3 Å². The lowest BCUT2D eigenvalue weighted by atomic mass is 10.1. The fourth-order valence-electron chi connectivity index (χ4n) is 2.41. The highest BCUT2D eigenvalue weighted by Crippen LogP contribution is 2.08. The highest BCUT2D eigenvalue weighted by molar-refractivity contribution is 7.07. The van der Waals surface area contributed by atoms with Gasteiger partial charge in [0.1, 0.15) is 5.69 Å². The summed E-state index contributed by atoms with van der Waals surface area (Å²) in [6.45, 7) is 0.632. The van der Waals surface area contributed by atoms with Gasteiger partial charge in [0.05, 0.1) is 5.56 Å². The molecule has 2 aromatic heterocycles. The Morgan fingerprint density at radius 2 is 1.61 bits per heavy atom. The van der Waals surface area contributed by atoms with Gasteiger partial charge in [0.2, 0.25) is 0 Å². The number of benzene rings is 1. The number of rotatable bonds is 7. The first-order valence-corrected chi connectivity index (χ1v) is 9.33. The summed E-state index contributed by atoms with van der Waals surface area (Å²) >= 11 is 1.55. The molecule has 2 amide bonds. The molecule has 1 aromatic carbocycles. The average molecular weight is 395 g/mol. The van der Waals surface area contributed by atoms with E-state index in [-0.39, 0.29) is 29.6 Å². The molecule has 0 unspecified atom stereocenters. The van der Waals surface area contributed by atoms with E-state index in [2.05, 4.69) is 15.6 Å². The quantitative estimate of drug-likeness (QED) is 0.570. The van der Waals surface area contributed by atoms with Gasteiger partial charge in [-0.3, -0.25) is 14.6 Å². The number of nitrogens with zero attached hydrogens (tertiary/aromatic N) is 1. The lowest BCUT2D eigenvalue weighted by molar-refractivity contribution is 0.0696. The van der Waals surface area contributed by atoms with Gasteiger partial charge in [-0.1, -0.05) is 12.1 Å². The summed E-state index contributed by atoms with van der Waals surface area (Å²) in [5.74, 6) is -1.71. The van der Waals surface area contributed by atoms with Crippen LogP contribution < -0.4 is 10.6 Å². The zero-order valence-corrected chi connectivity index (χ0v) is 15.5. The molecule has 3 rings (SSSR count). The van der Waals surface area contributed by atoms with Gasteiger partial charge >= 0.3 is 5.97 Å². The molecular weight excluding hydrogens is 378 g/mol. The maximum atomic E-state index is 12.3. The number of carbonyl (C=O) groups excluding carboxylic acids is 2. The number of aromatic carboxylic acids is 1. The Balaban J connectivity index is 1.58. The molecule has 0 aliphatic rings. The van der Waals surface area contributed by atoms with Crippen molar-refractivity contribution >= 4 is 29.1 Å². The fourth-order valence-corrected chi connectivity index (χ4v) is 3.08. The molecule has 0 spiro atoms. The Bertz CT molecular complexity index is 985. The van der Waals surface area contributed by atoms with Gasteiger partial charge in [0.15, 0.2) is 0 Å². The molecule has 2 heterocycles. The monoisotopic (exact) mass is 395 g/mol. The number of aromatic nitrogens is 1. The second-order valence-corrected chi connectivity index (χ2v) is 6.71. The Morgan fingerprint density at radius 3 is 2.29 bits per heavy atom. The van der Waals surface area contributed by atoms with Crippen LogP contribution in [-0.2, 0) is 13.1 Å². The number of carboxylic acid groups (broad SMARTS) is 1. The molecular formula is C20H17N3O4S. The zero-order valence-electron chi connectivity index (χ0n) is 14.7. The van der Waals surface area contributed by atoms with Crippen molar-refractivity contribution < 1.29 is 19.5 Å². The van der Waals surface area contributed by atoms with Crippen LogP contribution in [0.1, 0.15) is 42.3 Å². The van der Waals surface area contributed by atoms with Crippen LogP contribution >= 0.6 is 11.3 Å². The molecule has 28 heavy (non-hydrogen) atoms. The molecule has 0 saturated carbocycles. The number of hydrogen-bond donors (Lipinski definition) is 3. The molecule has 0 atom stereocenters. The summed E-state index contributed by atoms with van der Waals surface area (Å²) in [5.41, 5.74) is 2.43. The first-order chi connectivity index (χ1) is 13.5. The lowest BCUT2D eigenvalue weighted by Crippen LogP contribution is -2.26. The van der Waals surface area contributed by atoms with Crippen molar-refractivity contribution in [3.8, 4) is 0 Å². The maximum Gasteiger partial charge on any atom is 0.335 e. The number of amides is 2. The van der Waals surface area contributed by atoms with Crippen molar-refractivity contribution in [3.63, 3.8) is 0 Å². The first-order valence-electron chi connectivity index (χ1n) is 8.38. The number of thiophene rings is 1. The largest absolute Gasteiger partial charge is 0.478 e. The van der Waals surface area contributed by atoms with E-state index in [0.29, 0.717) is 12.1 Å². The Hall–Kier alpha value is -3.52. The van der Waals surface area contributed by atoms with Crippen LogP contribution in [-0.4, -0.2) is 27.9 Å². The second kappa shape index (κ2) is 8.92. The molecule has 7 nitrogen and oxygen atoms in total. The third-order valence-electron chi connectivity index (χ3n) is 3.94. The van der Waals surface area contributed by atoms with Crippen molar-refractivity contribution in [2.75, 3.05) is 0 Å². The van der Waals surface area contributed by atoms with E-state index in [4.69, 9.17) is 5.11 Å². The van der Waals surface area contributed by atoms with Crippen molar-refractivity contribution in [2.24, 2.45) is 0 Å². The highest BCUT2D eigenvalue weighted by atomic mass is 32.1. The normalized spacial score (nSPS) is 10.3. The molecule has 0 fully saturated rings. The van der Waals surface area contributed by atoms with Crippen LogP contribution in [0.2, 0.25) is 0 Å². The van der Waals surface area contributed by atoms with E-state index in [1.165, 1.54) is 30.5 Å². The van der Waals surface area contributed by atoms with E-state index in [1.54, 1.807) is 23.5 Å². The summed E-state index contributed by atoms with van der Waals surface area (Å²) in [4.78, 5) is 39.5. The average Bonchev–Trinajstić information content (AvgIpc) is 3.24. The predicted octanol–water partition coefficient (Wildman–Crippen LogP) is 2.70. The van der Waals surface area contributed by atoms with Gasteiger partial charge in [-0.05, 0) is 52.2 Å². The maximum absolute atomic E-state index is 12.3. The number of carbonyl (C=O) groups is 3. The standard InChI is InChI=1S/C20H17N3O4S/c24-18(22-10-13-1-3-15(4-2-13)20(26)27)16-5-7-21-17(9-16)19(25)23-11-14-6-8-28-12-14/h1-9,12H,10-11H2,(H,22,24)(H,23,25)(H,26,27). The fraction of sp³-hybridized carbons (Fsp3) is 0.100. The Labute approximate surface area is 165 Å². The third-order valence-corrected chi connectivity index (χ3v) is 4.67. The zero-order chi connectivity index (χ0) is 19.9. The van der Waals surface area contributed by atoms with E-state index in [9.17, 15) is 14.4 Å². The minimum absolute atomic E-state index is 0.161. The first kappa shape index (κ1) is 19.2. The molecule has 8 heteroatoms. The smallest absolute Gasteiger partial charge is 0.335 e. The van der Waals surface area contributed by atoms with Crippen molar-refractivity contribution in [3.05, 3.63) is 87.4 Å². The van der Waals surface area contributed by atoms with E-state index in [1.807, 2.05) is 16.8 Å². The number of hydrogen-bond acceptors (Lipinski definition) is 5. The molecule has 142 valence electrons. The van der Waals surface area contributed by atoms with Crippen LogP contribution in [0.4, 0.5) is 0 Å². The molecule has 3 N–H and O–H groups in total. The molecule has 0 aliphatic heterocycles. The molecule has 0 bridgehead atoms.